The van der Waals surface area contributed by atoms with Gasteiger partial charge in [0.2, 0.25) is 5.91 Å². The van der Waals surface area contributed by atoms with E-state index in [0.717, 1.165) is 0 Å². The zero-order valence-corrected chi connectivity index (χ0v) is 11.9. The van der Waals surface area contributed by atoms with Gasteiger partial charge >= 0.3 is 0 Å². The number of thiophene rings is 1. The maximum atomic E-state index is 12.0. The molecule has 1 aromatic heterocycles. The zero-order chi connectivity index (χ0) is 13.6. The summed E-state index contributed by atoms with van der Waals surface area (Å²) < 4.78 is 25.6. The largest absolute Gasteiger partial charge is 0.277 e. The molecule has 0 aliphatic rings. The smallest absolute Gasteiger partial charge is 0.252 e. The number of sulfonamides is 1. The average Bonchev–Trinajstić information content (AvgIpc) is 2.83. The molecule has 0 spiro atoms. The number of amides is 1. The highest BCUT2D eigenvalue weighted by Gasteiger charge is 2.21. The van der Waals surface area contributed by atoms with E-state index in [9.17, 15) is 13.2 Å². The van der Waals surface area contributed by atoms with Crippen LogP contribution in [-0.2, 0) is 19.7 Å². The molecule has 0 unspecified atom stereocenters. The van der Waals surface area contributed by atoms with Gasteiger partial charge in [-0.15, -0.1) is 11.3 Å². The number of nitrogens with zero attached hydrogens (tertiary/aromatic N) is 1. The Morgan fingerprint density at radius 1 is 1.56 bits per heavy atom. The molecule has 6 nitrogen and oxygen atoms in total. The van der Waals surface area contributed by atoms with Crippen LogP contribution >= 0.6 is 11.3 Å². The Hall–Kier alpha value is -0.960. The van der Waals surface area contributed by atoms with E-state index in [-0.39, 0.29) is 18.9 Å². The molecule has 0 saturated carbocycles. The molecule has 0 aromatic carbocycles. The van der Waals surface area contributed by atoms with Crippen LogP contribution in [-0.4, -0.2) is 39.3 Å². The second-order valence-electron chi connectivity index (χ2n) is 3.59. The first-order valence-electron chi connectivity index (χ1n) is 5.30. The van der Waals surface area contributed by atoms with Gasteiger partial charge in [0.15, 0.2) is 0 Å². The fraction of sp³-hybridized carbons (Fsp3) is 0.500. The first-order valence-corrected chi connectivity index (χ1v) is 7.62. The molecule has 0 fully saturated rings. The molecule has 1 rings (SSSR count). The Bertz CT molecular complexity index is 470. The predicted molar refractivity (Wildman–Crippen MR) is 68.5 cm³/mol. The highest BCUT2D eigenvalue weighted by atomic mass is 32.2. The van der Waals surface area contributed by atoms with Crippen molar-refractivity contribution in [1.82, 2.24) is 9.79 Å². The van der Waals surface area contributed by atoms with E-state index >= 15 is 0 Å². The summed E-state index contributed by atoms with van der Waals surface area (Å²) in [7, 11) is -0.561. The van der Waals surface area contributed by atoms with Gasteiger partial charge in [0.25, 0.3) is 10.0 Å². The highest BCUT2D eigenvalue weighted by Crippen LogP contribution is 2.19. The summed E-state index contributed by atoms with van der Waals surface area (Å²) in [5.74, 6) is -0.264. The standard InChI is InChI=1S/C10H16N2O4S2/c1-12(7-3-5-9(13)11-16-2)18(14,15)10-6-4-8-17-10/h4,6,8H,3,5,7H2,1-2H3,(H,11,13). The van der Waals surface area contributed by atoms with Crippen LogP contribution in [0.5, 0.6) is 0 Å². The van der Waals surface area contributed by atoms with Crippen molar-refractivity contribution in [3.05, 3.63) is 17.5 Å². The van der Waals surface area contributed by atoms with Crippen LogP contribution in [0.1, 0.15) is 12.8 Å². The molecule has 8 heteroatoms. The summed E-state index contributed by atoms with van der Waals surface area (Å²) in [4.78, 5) is 15.6. The fourth-order valence-electron chi connectivity index (χ4n) is 1.31. The molecule has 0 bridgehead atoms. The van der Waals surface area contributed by atoms with Crippen molar-refractivity contribution < 1.29 is 18.0 Å². The van der Waals surface area contributed by atoms with E-state index in [4.69, 9.17) is 0 Å². The Labute approximate surface area is 111 Å². The van der Waals surface area contributed by atoms with Crippen molar-refractivity contribution in [3.8, 4) is 0 Å². The van der Waals surface area contributed by atoms with E-state index in [1.807, 2.05) is 0 Å². The summed E-state index contributed by atoms with van der Waals surface area (Å²) in [6.07, 6.45) is 0.661. The lowest BCUT2D eigenvalue weighted by molar-refractivity contribution is -0.131. The first kappa shape index (κ1) is 15.1. The lowest BCUT2D eigenvalue weighted by Gasteiger charge is -2.15. The molecule has 0 aliphatic carbocycles. The van der Waals surface area contributed by atoms with E-state index in [0.29, 0.717) is 10.6 Å². The summed E-state index contributed by atoms with van der Waals surface area (Å²) in [6, 6.07) is 3.26. The van der Waals surface area contributed by atoms with Crippen molar-refractivity contribution >= 4 is 27.3 Å². The molecular formula is C10H16N2O4S2. The number of hydrogen-bond acceptors (Lipinski definition) is 5. The third kappa shape index (κ3) is 4.05. The van der Waals surface area contributed by atoms with Crippen molar-refractivity contribution in [1.29, 1.82) is 0 Å². The van der Waals surface area contributed by atoms with E-state index < -0.39 is 10.0 Å². The number of hydroxylamine groups is 1. The lowest BCUT2D eigenvalue weighted by Crippen LogP contribution is -2.29. The number of carbonyl (C=O) groups is 1. The molecule has 1 N–H and O–H groups in total. The molecule has 0 radical (unpaired) electrons. The van der Waals surface area contributed by atoms with Crippen LogP contribution in [0.3, 0.4) is 0 Å². The van der Waals surface area contributed by atoms with Crippen LogP contribution < -0.4 is 5.48 Å². The SMILES string of the molecule is CONC(=O)CCCN(C)S(=O)(=O)c1cccs1. The average molecular weight is 292 g/mol. The molecule has 0 saturated heterocycles. The third-order valence-corrected chi connectivity index (χ3v) is 5.48. The summed E-state index contributed by atoms with van der Waals surface area (Å²) in [6.45, 7) is 0.289. The summed E-state index contributed by atoms with van der Waals surface area (Å²) in [5.41, 5.74) is 2.18. The highest BCUT2D eigenvalue weighted by molar-refractivity contribution is 7.91. The Kier molecular flexibility index (Phi) is 5.73. The molecule has 0 atom stereocenters. The van der Waals surface area contributed by atoms with Gasteiger partial charge in [0, 0.05) is 20.0 Å². The van der Waals surface area contributed by atoms with Crippen molar-refractivity contribution in [2.75, 3.05) is 20.7 Å². The molecule has 1 heterocycles. The van der Waals surface area contributed by atoms with Gasteiger partial charge < -0.3 is 0 Å². The summed E-state index contributed by atoms with van der Waals surface area (Å²) in [5, 5.41) is 1.72. The zero-order valence-electron chi connectivity index (χ0n) is 10.3. The number of rotatable bonds is 7. The first-order chi connectivity index (χ1) is 8.48. The van der Waals surface area contributed by atoms with Gasteiger partial charge in [-0.1, -0.05) is 6.07 Å². The topological polar surface area (TPSA) is 75.7 Å². The number of hydrogen-bond donors (Lipinski definition) is 1. The second-order valence-corrected chi connectivity index (χ2v) is 6.81. The van der Waals surface area contributed by atoms with E-state index in [2.05, 4.69) is 10.3 Å². The minimum atomic E-state index is -3.42. The van der Waals surface area contributed by atoms with Gasteiger partial charge in [-0.25, -0.2) is 18.2 Å². The molecular weight excluding hydrogens is 276 g/mol. The normalized spacial score (nSPS) is 11.7. The van der Waals surface area contributed by atoms with Gasteiger partial charge in [-0.05, 0) is 17.9 Å². The monoisotopic (exact) mass is 292 g/mol. The van der Waals surface area contributed by atoms with Crippen LogP contribution in [0.4, 0.5) is 0 Å². The van der Waals surface area contributed by atoms with Crippen molar-refractivity contribution in [2.24, 2.45) is 0 Å². The van der Waals surface area contributed by atoms with Gasteiger partial charge in [-0.3, -0.25) is 9.63 Å². The molecule has 0 aliphatic heterocycles. The van der Waals surface area contributed by atoms with Gasteiger partial charge in [0.1, 0.15) is 4.21 Å². The maximum absolute atomic E-state index is 12.0. The maximum Gasteiger partial charge on any atom is 0.252 e. The Morgan fingerprint density at radius 2 is 2.28 bits per heavy atom. The second kappa shape index (κ2) is 6.83. The van der Waals surface area contributed by atoms with Crippen molar-refractivity contribution in [3.63, 3.8) is 0 Å². The minimum absolute atomic E-state index is 0.220. The van der Waals surface area contributed by atoms with Crippen molar-refractivity contribution in [2.45, 2.75) is 17.1 Å². The van der Waals surface area contributed by atoms with Crippen LogP contribution in [0, 0.1) is 0 Å². The Balaban J connectivity index is 2.46. The predicted octanol–water partition coefficient (Wildman–Crippen LogP) is 0.826. The van der Waals surface area contributed by atoms with Gasteiger partial charge in [0.05, 0.1) is 7.11 Å². The third-order valence-electron chi connectivity index (χ3n) is 2.25. The van der Waals surface area contributed by atoms with E-state index in [1.54, 1.807) is 17.5 Å². The lowest BCUT2D eigenvalue weighted by atomic mass is 10.3. The minimum Gasteiger partial charge on any atom is -0.277 e. The molecule has 1 aromatic rings. The van der Waals surface area contributed by atoms with Gasteiger partial charge in [-0.2, -0.15) is 0 Å². The molecule has 102 valence electrons. The van der Waals surface area contributed by atoms with Crippen LogP contribution in [0.2, 0.25) is 0 Å². The van der Waals surface area contributed by atoms with Crippen LogP contribution in [0.15, 0.2) is 21.7 Å². The molecule has 1 amide bonds. The van der Waals surface area contributed by atoms with E-state index in [1.165, 1.54) is 29.8 Å². The summed E-state index contributed by atoms with van der Waals surface area (Å²) >= 11 is 1.18. The number of nitrogens with one attached hydrogen (secondary N) is 1. The Morgan fingerprint density at radius 3 is 2.83 bits per heavy atom. The van der Waals surface area contributed by atoms with Crippen LogP contribution in [0.25, 0.3) is 0 Å². The quantitative estimate of drug-likeness (QED) is 0.755. The number of carbonyl (C=O) groups excluding carboxylic acids is 1. The fourth-order valence-corrected chi connectivity index (χ4v) is 3.72. The molecule has 18 heavy (non-hydrogen) atoms.